The number of hydrogen-bond donors (Lipinski definition) is 2. The standard InChI is InChI=1S/C23H20ClN3O3/c1-15(30-17-8-3-2-4-9-17)23(28)25-22-19-13-18(11-12-21(19)26-27-22)29-14-16-7-5-6-10-20(16)24/h2-13,15H,14H2,1H3,(H2,25,26,27,28). The van der Waals surface area contributed by atoms with Crippen LogP contribution in [-0.2, 0) is 11.4 Å². The van der Waals surface area contributed by atoms with Crippen LogP contribution >= 0.6 is 11.6 Å². The van der Waals surface area contributed by atoms with E-state index in [0.29, 0.717) is 28.9 Å². The summed E-state index contributed by atoms with van der Waals surface area (Å²) in [6, 6.07) is 22.2. The molecule has 4 aromatic rings. The molecule has 1 heterocycles. The van der Waals surface area contributed by atoms with Gasteiger partial charge in [0.25, 0.3) is 5.91 Å². The predicted molar refractivity (Wildman–Crippen MR) is 117 cm³/mol. The van der Waals surface area contributed by atoms with Gasteiger partial charge in [0.1, 0.15) is 18.1 Å². The van der Waals surface area contributed by atoms with Gasteiger partial charge in [0.05, 0.1) is 5.52 Å². The molecule has 1 atom stereocenters. The summed E-state index contributed by atoms with van der Waals surface area (Å²) in [7, 11) is 0. The molecule has 4 rings (SSSR count). The topological polar surface area (TPSA) is 76.2 Å². The lowest BCUT2D eigenvalue weighted by atomic mass is 10.2. The largest absolute Gasteiger partial charge is 0.489 e. The summed E-state index contributed by atoms with van der Waals surface area (Å²) >= 11 is 6.18. The molecule has 152 valence electrons. The molecule has 0 saturated heterocycles. The van der Waals surface area contributed by atoms with E-state index < -0.39 is 6.10 Å². The molecular weight excluding hydrogens is 402 g/mol. The third kappa shape index (κ3) is 4.55. The first-order valence-corrected chi connectivity index (χ1v) is 9.85. The molecular formula is C23H20ClN3O3. The predicted octanol–water partition coefficient (Wildman–Crippen LogP) is 5.20. The number of ether oxygens (including phenoxy) is 2. The Hall–Kier alpha value is -3.51. The highest BCUT2D eigenvalue weighted by Crippen LogP contribution is 2.27. The Kier molecular flexibility index (Phi) is 5.86. The monoisotopic (exact) mass is 421 g/mol. The lowest BCUT2D eigenvalue weighted by molar-refractivity contribution is -0.122. The van der Waals surface area contributed by atoms with E-state index >= 15 is 0 Å². The normalized spacial score (nSPS) is 11.8. The smallest absolute Gasteiger partial charge is 0.266 e. The van der Waals surface area contributed by atoms with Crippen molar-refractivity contribution < 1.29 is 14.3 Å². The Bertz CT molecular complexity index is 1160. The number of para-hydroxylation sites is 1. The third-order valence-corrected chi connectivity index (χ3v) is 4.92. The van der Waals surface area contributed by atoms with Gasteiger partial charge in [-0.15, -0.1) is 0 Å². The molecule has 0 saturated carbocycles. The molecule has 7 heteroatoms. The minimum Gasteiger partial charge on any atom is -0.489 e. The van der Waals surface area contributed by atoms with Crippen molar-refractivity contribution >= 4 is 34.2 Å². The van der Waals surface area contributed by atoms with Crippen LogP contribution in [0.2, 0.25) is 5.02 Å². The van der Waals surface area contributed by atoms with Crippen LogP contribution in [0.5, 0.6) is 11.5 Å². The molecule has 0 aliphatic heterocycles. The highest BCUT2D eigenvalue weighted by molar-refractivity contribution is 6.31. The van der Waals surface area contributed by atoms with Crippen LogP contribution in [0.3, 0.4) is 0 Å². The van der Waals surface area contributed by atoms with Crippen LogP contribution in [0.15, 0.2) is 72.8 Å². The van der Waals surface area contributed by atoms with Crippen LogP contribution in [-0.4, -0.2) is 22.2 Å². The average molecular weight is 422 g/mol. The number of halogens is 1. The number of hydrogen-bond acceptors (Lipinski definition) is 4. The minimum atomic E-state index is -0.682. The number of rotatable bonds is 7. The van der Waals surface area contributed by atoms with Crippen molar-refractivity contribution in [3.63, 3.8) is 0 Å². The van der Waals surface area contributed by atoms with Crippen molar-refractivity contribution in [3.05, 3.63) is 83.4 Å². The minimum absolute atomic E-state index is 0.297. The molecule has 0 radical (unpaired) electrons. The van der Waals surface area contributed by atoms with Gasteiger partial charge in [-0.2, -0.15) is 5.10 Å². The Morgan fingerprint density at radius 3 is 2.63 bits per heavy atom. The number of amides is 1. The van der Waals surface area contributed by atoms with Crippen molar-refractivity contribution in [2.45, 2.75) is 19.6 Å². The number of fused-ring (bicyclic) bond motifs is 1. The zero-order valence-electron chi connectivity index (χ0n) is 16.3. The van der Waals surface area contributed by atoms with Gasteiger partial charge in [-0.05, 0) is 43.3 Å². The quantitative estimate of drug-likeness (QED) is 0.430. The van der Waals surface area contributed by atoms with Gasteiger partial charge in [0.2, 0.25) is 0 Å². The van der Waals surface area contributed by atoms with Gasteiger partial charge in [0, 0.05) is 16.0 Å². The molecule has 0 bridgehead atoms. The first kappa shape index (κ1) is 19.8. The number of anilines is 1. The van der Waals surface area contributed by atoms with Crippen molar-refractivity contribution in [2.24, 2.45) is 0 Å². The average Bonchev–Trinajstić information content (AvgIpc) is 3.16. The fraction of sp³-hybridized carbons (Fsp3) is 0.130. The molecule has 30 heavy (non-hydrogen) atoms. The second-order valence-electron chi connectivity index (χ2n) is 6.72. The first-order chi connectivity index (χ1) is 14.6. The van der Waals surface area contributed by atoms with Crippen molar-refractivity contribution in [3.8, 4) is 11.5 Å². The molecule has 6 nitrogen and oxygen atoms in total. The number of aromatic nitrogens is 2. The molecule has 1 aromatic heterocycles. The number of nitrogens with one attached hydrogen (secondary N) is 2. The lowest BCUT2D eigenvalue weighted by Crippen LogP contribution is -2.30. The highest BCUT2D eigenvalue weighted by atomic mass is 35.5. The lowest BCUT2D eigenvalue weighted by Gasteiger charge is -2.14. The molecule has 0 aliphatic rings. The Morgan fingerprint density at radius 1 is 1.07 bits per heavy atom. The number of aromatic amines is 1. The zero-order valence-corrected chi connectivity index (χ0v) is 17.0. The summed E-state index contributed by atoms with van der Waals surface area (Å²) in [5, 5.41) is 11.3. The van der Waals surface area contributed by atoms with E-state index in [9.17, 15) is 4.79 Å². The number of benzene rings is 3. The summed E-state index contributed by atoms with van der Waals surface area (Å²) in [6.07, 6.45) is -0.682. The summed E-state index contributed by atoms with van der Waals surface area (Å²) in [5.74, 6) is 1.39. The molecule has 1 unspecified atom stereocenters. The zero-order chi connectivity index (χ0) is 20.9. The molecule has 0 fully saturated rings. The van der Waals surface area contributed by atoms with E-state index in [4.69, 9.17) is 21.1 Å². The summed E-state index contributed by atoms with van der Waals surface area (Å²) in [6.45, 7) is 2.03. The fourth-order valence-electron chi connectivity index (χ4n) is 2.93. The van der Waals surface area contributed by atoms with Crippen LogP contribution in [0.1, 0.15) is 12.5 Å². The summed E-state index contributed by atoms with van der Waals surface area (Å²) in [4.78, 5) is 12.6. The van der Waals surface area contributed by atoms with E-state index in [1.165, 1.54) is 0 Å². The van der Waals surface area contributed by atoms with Gasteiger partial charge in [0.15, 0.2) is 11.9 Å². The second-order valence-corrected chi connectivity index (χ2v) is 7.13. The van der Waals surface area contributed by atoms with Gasteiger partial charge in [-0.25, -0.2) is 0 Å². The summed E-state index contributed by atoms with van der Waals surface area (Å²) in [5.41, 5.74) is 1.68. The van der Waals surface area contributed by atoms with Gasteiger partial charge in [-0.3, -0.25) is 9.89 Å². The van der Waals surface area contributed by atoms with E-state index in [0.717, 1.165) is 16.5 Å². The van der Waals surface area contributed by atoms with E-state index in [1.807, 2.05) is 60.7 Å². The second kappa shape index (κ2) is 8.88. The summed E-state index contributed by atoms with van der Waals surface area (Å²) < 4.78 is 11.5. The van der Waals surface area contributed by atoms with E-state index in [2.05, 4.69) is 15.5 Å². The molecule has 3 aromatic carbocycles. The van der Waals surface area contributed by atoms with E-state index in [1.54, 1.807) is 19.1 Å². The van der Waals surface area contributed by atoms with Gasteiger partial charge >= 0.3 is 0 Å². The van der Waals surface area contributed by atoms with Gasteiger partial charge in [-0.1, -0.05) is 48.0 Å². The maximum absolute atomic E-state index is 12.6. The molecule has 0 aliphatic carbocycles. The molecule has 0 spiro atoms. The fourth-order valence-corrected chi connectivity index (χ4v) is 3.12. The molecule has 1 amide bonds. The maximum Gasteiger partial charge on any atom is 0.266 e. The Morgan fingerprint density at radius 2 is 1.83 bits per heavy atom. The van der Waals surface area contributed by atoms with Crippen LogP contribution in [0, 0.1) is 0 Å². The first-order valence-electron chi connectivity index (χ1n) is 9.47. The van der Waals surface area contributed by atoms with Gasteiger partial charge < -0.3 is 14.8 Å². The molecule has 2 N–H and O–H groups in total. The van der Waals surface area contributed by atoms with E-state index in [-0.39, 0.29) is 5.91 Å². The van der Waals surface area contributed by atoms with Crippen molar-refractivity contribution in [2.75, 3.05) is 5.32 Å². The van der Waals surface area contributed by atoms with Crippen molar-refractivity contribution in [1.82, 2.24) is 10.2 Å². The number of H-pyrrole nitrogens is 1. The third-order valence-electron chi connectivity index (χ3n) is 4.55. The van der Waals surface area contributed by atoms with Crippen LogP contribution in [0.4, 0.5) is 5.82 Å². The number of nitrogens with zero attached hydrogens (tertiary/aromatic N) is 1. The maximum atomic E-state index is 12.6. The number of carbonyl (C=O) groups excluding carboxylic acids is 1. The highest BCUT2D eigenvalue weighted by Gasteiger charge is 2.18. The SMILES string of the molecule is CC(Oc1ccccc1)C(=O)Nc1n[nH]c2ccc(OCc3ccccc3Cl)cc12. The van der Waals surface area contributed by atoms with Crippen molar-refractivity contribution in [1.29, 1.82) is 0 Å². The Balaban J connectivity index is 1.46. The Labute approximate surface area is 178 Å². The number of carbonyl (C=O) groups is 1. The van der Waals surface area contributed by atoms with Crippen LogP contribution in [0.25, 0.3) is 10.9 Å². The van der Waals surface area contributed by atoms with Crippen LogP contribution < -0.4 is 14.8 Å².